The molecule has 1 saturated heterocycles. The van der Waals surface area contributed by atoms with E-state index in [0.717, 1.165) is 46.4 Å². The summed E-state index contributed by atoms with van der Waals surface area (Å²) >= 11 is 1.00. The molecule has 1 fully saturated rings. The lowest BCUT2D eigenvalue weighted by Crippen LogP contribution is -2.47. The highest BCUT2D eigenvalue weighted by Crippen LogP contribution is 2.44. The standard InChI is InChI=1S/C25H23N3O5S/c29-22(28-12-6-5-11-20(28)23(30)31)21-13-26-24(34-21)27-25(32)33-14-19-17-9-3-1-7-15(17)16-8-2-4-10-18(16)19/h1-4,7-10,13,19-20H,5-6,11-12,14H2,(H,30,31)(H,26,27,32). The lowest BCUT2D eigenvalue weighted by molar-refractivity contribution is -0.143. The van der Waals surface area contributed by atoms with Crippen LogP contribution in [0.5, 0.6) is 0 Å². The van der Waals surface area contributed by atoms with Crippen molar-refractivity contribution in [1.82, 2.24) is 9.88 Å². The number of ether oxygens (including phenoxy) is 1. The minimum atomic E-state index is -1.01. The van der Waals surface area contributed by atoms with Gasteiger partial charge in [0.05, 0.1) is 6.20 Å². The molecule has 1 aliphatic carbocycles. The average Bonchev–Trinajstić information content (AvgIpc) is 3.45. The number of likely N-dealkylation sites (tertiary alicyclic amines) is 1. The summed E-state index contributed by atoms with van der Waals surface area (Å²) < 4.78 is 5.52. The van der Waals surface area contributed by atoms with Crippen LogP contribution < -0.4 is 5.32 Å². The van der Waals surface area contributed by atoms with Crippen LogP contribution in [-0.2, 0) is 9.53 Å². The van der Waals surface area contributed by atoms with Crippen molar-refractivity contribution in [3.05, 3.63) is 70.7 Å². The number of nitrogens with one attached hydrogen (secondary N) is 1. The molecule has 0 radical (unpaired) electrons. The van der Waals surface area contributed by atoms with Gasteiger partial charge in [-0.1, -0.05) is 59.9 Å². The van der Waals surface area contributed by atoms with Crippen LogP contribution in [0.25, 0.3) is 11.1 Å². The van der Waals surface area contributed by atoms with Crippen molar-refractivity contribution in [2.75, 3.05) is 18.5 Å². The van der Waals surface area contributed by atoms with E-state index in [0.29, 0.717) is 13.0 Å². The number of carboxylic acids is 1. The number of carbonyl (C=O) groups is 3. The molecule has 8 nitrogen and oxygen atoms in total. The summed E-state index contributed by atoms with van der Waals surface area (Å²) in [5, 5.41) is 12.2. The third-order valence-corrected chi connectivity index (χ3v) is 7.22. The number of piperidine rings is 1. The fourth-order valence-electron chi connectivity index (χ4n) is 4.73. The molecule has 1 aliphatic heterocycles. The van der Waals surface area contributed by atoms with Gasteiger partial charge in [0.2, 0.25) is 0 Å². The van der Waals surface area contributed by atoms with Crippen LogP contribution in [0.1, 0.15) is 46.0 Å². The van der Waals surface area contributed by atoms with Gasteiger partial charge in [-0.25, -0.2) is 14.6 Å². The summed E-state index contributed by atoms with van der Waals surface area (Å²) in [6.07, 6.45) is 2.68. The molecule has 9 heteroatoms. The Morgan fingerprint density at radius 3 is 2.41 bits per heavy atom. The Labute approximate surface area is 200 Å². The molecule has 0 spiro atoms. The van der Waals surface area contributed by atoms with E-state index in [9.17, 15) is 19.5 Å². The zero-order valence-corrected chi connectivity index (χ0v) is 19.1. The van der Waals surface area contributed by atoms with Crippen molar-refractivity contribution in [2.45, 2.75) is 31.2 Å². The van der Waals surface area contributed by atoms with Gasteiger partial charge in [0, 0.05) is 12.5 Å². The Morgan fingerprint density at radius 1 is 1.06 bits per heavy atom. The molecule has 3 aromatic rings. The van der Waals surface area contributed by atoms with E-state index in [-0.39, 0.29) is 28.4 Å². The molecule has 2 heterocycles. The summed E-state index contributed by atoms with van der Waals surface area (Å²) in [5.74, 6) is -1.45. The molecule has 0 bridgehead atoms. The molecule has 34 heavy (non-hydrogen) atoms. The molecular formula is C25H23N3O5S. The maximum atomic E-state index is 12.8. The Balaban J connectivity index is 1.23. The fourth-order valence-corrected chi connectivity index (χ4v) is 5.48. The van der Waals surface area contributed by atoms with Crippen LogP contribution in [0, 0.1) is 0 Å². The lowest BCUT2D eigenvalue weighted by Gasteiger charge is -2.32. The molecule has 1 aromatic heterocycles. The summed E-state index contributed by atoms with van der Waals surface area (Å²) in [4.78, 5) is 42.6. The minimum Gasteiger partial charge on any atom is -0.480 e. The van der Waals surface area contributed by atoms with Gasteiger partial charge in [0.1, 0.15) is 17.5 Å². The number of aliphatic carboxylic acids is 1. The highest BCUT2D eigenvalue weighted by Gasteiger charge is 2.33. The van der Waals surface area contributed by atoms with Crippen molar-refractivity contribution < 1.29 is 24.2 Å². The monoisotopic (exact) mass is 477 g/mol. The largest absolute Gasteiger partial charge is 0.480 e. The topological polar surface area (TPSA) is 109 Å². The van der Waals surface area contributed by atoms with Gasteiger partial charge in [0.25, 0.3) is 5.91 Å². The van der Waals surface area contributed by atoms with E-state index >= 15 is 0 Å². The summed E-state index contributed by atoms with van der Waals surface area (Å²) in [6, 6.07) is 15.3. The van der Waals surface area contributed by atoms with Crippen LogP contribution in [0.4, 0.5) is 9.93 Å². The van der Waals surface area contributed by atoms with E-state index in [4.69, 9.17) is 4.74 Å². The van der Waals surface area contributed by atoms with E-state index in [1.165, 1.54) is 11.1 Å². The number of carboxylic acid groups (broad SMARTS) is 1. The third-order valence-electron chi connectivity index (χ3n) is 6.32. The first kappa shape index (κ1) is 22.1. The number of aromatic nitrogens is 1. The second-order valence-electron chi connectivity index (χ2n) is 8.33. The number of carbonyl (C=O) groups excluding carboxylic acids is 2. The molecule has 2 aromatic carbocycles. The maximum Gasteiger partial charge on any atom is 0.413 e. The number of hydrogen-bond donors (Lipinski definition) is 2. The second-order valence-corrected chi connectivity index (χ2v) is 9.36. The molecule has 1 atom stereocenters. The number of anilines is 1. The van der Waals surface area contributed by atoms with Crippen LogP contribution in [0.2, 0.25) is 0 Å². The SMILES string of the molecule is O=C(Nc1ncc(C(=O)N2CCCCC2C(=O)O)s1)OCC1c2ccccc2-c2ccccc21. The average molecular weight is 478 g/mol. The first-order chi connectivity index (χ1) is 16.5. The predicted octanol–water partition coefficient (Wildman–Crippen LogP) is 4.58. The number of nitrogens with zero attached hydrogens (tertiary/aromatic N) is 2. The summed E-state index contributed by atoms with van der Waals surface area (Å²) in [6.45, 7) is 0.563. The molecular weight excluding hydrogens is 454 g/mol. The Hall–Kier alpha value is -3.72. The van der Waals surface area contributed by atoms with E-state index in [1.54, 1.807) is 0 Å². The highest BCUT2D eigenvalue weighted by atomic mass is 32.1. The van der Waals surface area contributed by atoms with Gasteiger partial charge < -0.3 is 14.7 Å². The van der Waals surface area contributed by atoms with E-state index < -0.39 is 18.1 Å². The lowest BCUT2D eigenvalue weighted by atomic mass is 9.98. The zero-order valence-electron chi connectivity index (χ0n) is 18.3. The molecule has 2 aliphatic rings. The zero-order chi connectivity index (χ0) is 23.7. The van der Waals surface area contributed by atoms with Gasteiger partial charge in [-0.15, -0.1) is 0 Å². The van der Waals surface area contributed by atoms with Crippen molar-refractivity contribution in [3.63, 3.8) is 0 Å². The number of thiazole rings is 1. The number of benzene rings is 2. The van der Waals surface area contributed by atoms with Crippen molar-refractivity contribution in [2.24, 2.45) is 0 Å². The predicted molar refractivity (Wildman–Crippen MR) is 127 cm³/mol. The van der Waals surface area contributed by atoms with Crippen molar-refractivity contribution in [1.29, 1.82) is 0 Å². The Morgan fingerprint density at radius 2 is 1.74 bits per heavy atom. The molecule has 2 amide bonds. The normalized spacial score (nSPS) is 17.1. The van der Waals surface area contributed by atoms with Gasteiger partial charge in [-0.3, -0.25) is 10.1 Å². The van der Waals surface area contributed by atoms with Crippen LogP contribution in [-0.4, -0.2) is 52.2 Å². The van der Waals surface area contributed by atoms with Crippen LogP contribution >= 0.6 is 11.3 Å². The first-order valence-corrected chi connectivity index (χ1v) is 12.0. The Bertz CT molecular complexity index is 1210. The molecule has 0 saturated carbocycles. The second kappa shape index (κ2) is 9.26. The number of hydrogen-bond acceptors (Lipinski definition) is 6. The maximum absolute atomic E-state index is 12.8. The smallest absolute Gasteiger partial charge is 0.413 e. The highest BCUT2D eigenvalue weighted by molar-refractivity contribution is 7.17. The third kappa shape index (κ3) is 4.14. The summed E-state index contributed by atoms with van der Waals surface area (Å²) in [7, 11) is 0. The first-order valence-electron chi connectivity index (χ1n) is 11.1. The number of fused-ring (bicyclic) bond motifs is 3. The fraction of sp³-hybridized carbons (Fsp3) is 0.280. The number of rotatable bonds is 5. The van der Waals surface area contributed by atoms with Gasteiger partial charge >= 0.3 is 12.1 Å². The van der Waals surface area contributed by atoms with Gasteiger partial charge in [-0.05, 0) is 41.5 Å². The molecule has 1 unspecified atom stereocenters. The van der Waals surface area contributed by atoms with E-state index in [2.05, 4.69) is 22.4 Å². The van der Waals surface area contributed by atoms with Crippen molar-refractivity contribution in [3.8, 4) is 11.1 Å². The molecule has 174 valence electrons. The van der Waals surface area contributed by atoms with Crippen LogP contribution in [0.3, 0.4) is 0 Å². The van der Waals surface area contributed by atoms with Gasteiger partial charge in [-0.2, -0.15) is 0 Å². The Kier molecular flexibility index (Phi) is 6.02. The quantitative estimate of drug-likeness (QED) is 0.557. The van der Waals surface area contributed by atoms with Crippen LogP contribution in [0.15, 0.2) is 54.7 Å². The summed E-state index contributed by atoms with van der Waals surface area (Å²) in [5.41, 5.74) is 4.53. The number of amides is 2. The van der Waals surface area contributed by atoms with E-state index in [1.807, 2.05) is 36.4 Å². The van der Waals surface area contributed by atoms with Crippen molar-refractivity contribution >= 4 is 34.4 Å². The minimum absolute atomic E-state index is 0.0568. The molecule has 2 N–H and O–H groups in total. The molecule has 5 rings (SSSR count). The van der Waals surface area contributed by atoms with Gasteiger partial charge in [0.15, 0.2) is 5.13 Å².